The summed E-state index contributed by atoms with van der Waals surface area (Å²) in [6.07, 6.45) is 0. The van der Waals surface area contributed by atoms with E-state index >= 15 is 0 Å². The number of carbonyl (C=O) groups excluding carboxylic acids is 1. The van der Waals surface area contributed by atoms with Crippen molar-refractivity contribution in [2.75, 3.05) is 7.11 Å². The van der Waals surface area contributed by atoms with E-state index in [-0.39, 0.29) is 5.91 Å². The summed E-state index contributed by atoms with van der Waals surface area (Å²) in [6, 6.07) is 13.1. The Morgan fingerprint density at radius 2 is 1.86 bits per heavy atom. The van der Waals surface area contributed by atoms with E-state index in [9.17, 15) is 4.79 Å². The molecule has 0 saturated heterocycles. The maximum absolute atomic E-state index is 12.1. The first kappa shape index (κ1) is 16.0. The second-order valence-corrected chi connectivity index (χ2v) is 5.88. The second-order valence-electron chi connectivity index (χ2n) is 4.56. The van der Waals surface area contributed by atoms with Crippen molar-refractivity contribution in [2.45, 2.75) is 13.2 Å². The third-order valence-electron chi connectivity index (χ3n) is 2.96. The van der Waals surface area contributed by atoms with Gasteiger partial charge in [0.2, 0.25) is 0 Å². The molecule has 0 spiro atoms. The normalized spacial score (nSPS) is 10.4. The molecule has 1 N–H and O–H groups in total. The lowest BCUT2D eigenvalue weighted by atomic mass is 10.1. The zero-order chi connectivity index (χ0) is 15.2. The first-order chi connectivity index (χ1) is 10.1. The molecule has 0 aromatic heterocycles. The van der Waals surface area contributed by atoms with Gasteiger partial charge in [-0.2, -0.15) is 0 Å². The third-order valence-corrected chi connectivity index (χ3v) is 3.78. The second kappa shape index (κ2) is 7.59. The summed E-state index contributed by atoms with van der Waals surface area (Å²) in [6.45, 7) is 1.04. The highest BCUT2D eigenvalue weighted by Crippen LogP contribution is 2.21. The molecule has 110 valence electrons. The number of hydrogen-bond acceptors (Lipinski definition) is 2. The van der Waals surface area contributed by atoms with Crippen molar-refractivity contribution in [3.8, 4) is 0 Å². The Morgan fingerprint density at radius 1 is 1.19 bits per heavy atom. The minimum absolute atomic E-state index is 0.192. The van der Waals surface area contributed by atoms with E-state index < -0.39 is 0 Å². The van der Waals surface area contributed by atoms with Crippen LogP contribution in [0, 0.1) is 0 Å². The number of rotatable bonds is 5. The molecule has 0 aliphatic heterocycles. The molecule has 2 aromatic carbocycles. The Kier molecular flexibility index (Phi) is 5.79. The number of nitrogens with one attached hydrogen (secondary N) is 1. The fourth-order valence-corrected chi connectivity index (χ4v) is 2.43. The highest BCUT2D eigenvalue weighted by molar-refractivity contribution is 9.10. The zero-order valence-electron chi connectivity index (χ0n) is 11.5. The number of methoxy groups -OCH3 is 1. The Labute approximate surface area is 137 Å². The predicted octanol–water partition coefficient (Wildman–Crippen LogP) is 4.18. The summed E-state index contributed by atoms with van der Waals surface area (Å²) >= 11 is 9.37. The molecular weight excluding hydrogens is 354 g/mol. The van der Waals surface area contributed by atoms with Crippen molar-refractivity contribution >= 4 is 33.4 Å². The van der Waals surface area contributed by atoms with Gasteiger partial charge in [0.05, 0.1) is 17.2 Å². The summed E-state index contributed by atoms with van der Waals surface area (Å²) in [4.78, 5) is 12.1. The van der Waals surface area contributed by atoms with Crippen molar-refractivity contribution in [1.29, 1.82) is 0 Å². The van der Waals surface area contributed by atoms with E-state index in [1.807, 2.05) is 24.3 Å². The molecule has 0 aliphatic rings. The highest BCUT2D eigenvalue weighted by Gasteiger charge is 2.10. The van der Waals surface area contributed by atoms with Gasteiger partial charge in [0.1, 0.15) is 0 Å². The van der Waals surface area contributed by atoms with Crippen molar-refractivity contribution in [3.63, 3.8) is 0 Å². The highest BCUT2D eigenvalue weighted by atomic mass is 79.9. The smallest absolute Gasteiger partial charge is 0.253 e. The quantitative estimate of drug-likeness (QED) is 0.860. The molecule has 0 aliphatic carbocycles. The molecule has 0 saturated carbocycles. The molecule has 0 atom stereocenters. The summed E-state index contributed by atoms with van der Waals surface area (Å²) < 4.78 is 5.88. The van der Waals surface area contributed by atoms with Crippen LogP contribution in [0.3, 0.4) is 0 Å². The molecule has 2 rings (SSSR count). The first-order valence-electron chi connectivity index (χ1n) is 6.40. The standard InChI is InChI=1S/C16H15BrClNO2/c1-21-10-12-4-2-11(3-5-12)9-19-16(20)14-8-13(17)6-7-15(14)18/h2-8H,9-10H2,1H3,(H,19,20). The van der Waals surface area contributed by atoms with E-state index in [1.54, 1.807) is 25.3 Å². The van der Waals surface area contributed by atoms with E-state index in [1.165, 1.54) is 0 Å². The average Bonchev–Trinajstić information content (AvgIpc) is 2.49. The Morgan fingerprint density at radius 3 is 2.52 bits per heavy atom. The minimum atomic E-state index is -0.192. The molecular formula is C16H15BrClNO2. The van der Waals surface area contributed by atoms with Crippen LogP contribution in [-0.4, -0.2) is 13.0 Å². The maximum Gasteiger partial charge on any atom is 0.253 e. The third kappa shape index (κ3) is 4.56. The zero-order valence-corrected chi connectivity index (χ0v) is 13.9. The lowest BCUT2D eigenvalue weighted by Gasteiger charge is -2.08. The molecule has 0 fully saturated rings. The van der Waals surface area contributed by atoms with Crippen molar-refractivity contribution in [2.24, 2.45) is 0 Å². The van der Waals surface area contributed by atoms with Crippen LogP contribution in [0.4, 0.5) is 0 Å². The molecule has 21 heavy (non-hydrogen) atoms. The number of hydrogen-bond donors (Lipinski definition) is 1. The molecule has 0 heterocycles. The summed E-state index contributed by atoms with van der Waals surface area (Å²) in [5.74, 6) is -0.192. The monoisotopic (exact) mass is 367 g/mol. The number of benzene rings is 2. The van der Waals surface area contributed by atoms with Gasteiger partial charge >= 0.3 is 0 Å². The number of amides is 1. The Balaban J connectivity index is 1.99. The Bertz CT molecular complexity index is 629. The van der Waals surface area contributed by atoms with Crippen LogP contribution in [-0.2, 0) is 17.9 Å². The van der Waals surface area contributed by atoms with Crippen molar-refractivity contribution in [1.82, 2.24) is 5.32 Å². The van der Waals surface area contributed by atoms with Gasteiger partial charge in [-0.25, -0.2) is 0 Å². The topological polar surface area (TPSA) is 38.3 Å². The van der Waals surface area contributed by atoms with E-state index in [2.05, 4.69) is 21.2 Å². The van der Waals surface area contributed by atoms with E-state index in [0.29, 0.717) is 23.7 Å². The number of ether oxygens (including phenoxy) is 1. The lowest BCUT2D eigenvalue weighted by molar-refractivity contribution is 0.0951. The molecule has 1 amide bonds. The van der Waals surface area contributed by atoms with Crippen LogP contribution in [0.25, 0.3) is 0 Å². The predicted molar refractivity (Wildman–Crippen MR) is 87.5 cm³/mol. The first-order valence-corrected chi connectivity index (χ1v) is 7.57. The van der Waals surface area contributed by atoms with Crippen molar-refractivity contribution in [3.05, 3.63) is 68.7 Å². The van der Waals surface area contributed by atoms with Gasteiger partial charge in [-0.3, -0.25) is 4.79 Å². The van der Waals surface area contributed by atoms with Gasteiger partial charge in [-0.15, -0.1) is 0 Å². The number of carbonyl (C=O) groups is 1. The van der Waals surface area contributed by atoms with Crippen LogP contribution < -0.4 is 5.32 Å². The van der Waals surface area contributed by atoms with Crippen molar-refractivity contribution < 1.29 is 9.53 Å². The molecule has 0 radical (unpaired) electrons. The summed E-state index contributed by atoms with van der Waals surface area (Å²) in [5.41, 5.74) is 2.58. The van der Waals surface area contributed by atoms with E-state index in [4.69, 9.17) is 16.3 Å². The van der Waals surface area contributed by atoms with Crippen LogP contribution in [0.1, 0.15) is 21.5 Å². The molecule has 0 bridgehead atoms. The van der Waals surface area contributed by atoms with Crippen LogP contribution in [0.5, 0.6) is 0 Å². The largest absolute Gasteiger partial charge is 0.380 e. The van der Waals surface area contributed by atoms with Gasteiger partial charge < -0.3 is 10.1 Å². The fourth-order valence-electron chi connectivity index (χ4n) is 1.87. The summed E-state index contributed by atoms with van der Waals surface area (Å²) in [5, 5.41) is 3.30. The Hall–Kier alpha value is -1.36. The molecule has 0 unspecified atom stereocenters. The molecule has 2 aromatic rings. The van der Waals surface area contributed by atoms with Crippen LogP contribution >= 0.6 is 27.5 Å². The fraction of sp³-hybridized carbons (Fsp3) is 0.188. The van der Waals surface area contributed by atoms with Gasteiger partial charge in [-0.05, 0) is 29.3 Å². The lowest BCUT2D eigenvalue weighted by Crippen LogP contribution is -2.23. The number of halogens is 2. The average molecular weight is 369 g/mol. The molecule has 3 nitrogen and oxygen atoms in total. The minimum Gasteiger partial charge on any atom is -0.380 e. The van der Waals surface area contributed by atoms with Crippen LogP contribution in [0.2, 0.25) is 5.02 Å². The van der Waals surface area contributed by atoms with Crippen LogP contribution in [0.15, 0.2) is 46.9 Å². The van der Waals surface area contributed by atoms with Gasteiger partial charge in [0.25, 0.3) is 5.91 Å². The van der Waals surface area contributed by atoms with Gasteiger partial charge in [0, 0.05) is 18.1 Å². The molecule has 5 heteroatoms. The summed E-state index contributed by atoms with van der Waals surface area (Å²) in [7, 11) is 1.66. The maximum atomic E-state index is 12.1. The van der Waals surface area contributed by atoms with E-state index in [0.717, 1.165) is 15.6 Å². The SMILES string of the molecule is COCc1ccc(CNC(=O)c2cc(Br)ccc2Cl)cc1. The van der Waals surface area contributed by atoms with Gasteiger partial charge in [0.15, 0.2) is 0 Å². The van der Waals surface area contributed by atoms with Gasteiger partial charge in [-0.1, -0.05) is 51.8 Å².